The van der Waals surface area contributed by atoms with Crippen LogP contribution in [0.1, 0.15) is 5.56 Å². The molecule has 0 saturated carbocycles. The maximum atomic E-state index is 12.3. The van der Waals surface area contributed by atoms with Gasteiger partial charge in [0.15, 0.2) is 5.71 Å². The average molecular weight is 451 g/mol. The fraction of sp³-hybridized carbons (Fsp3) is 0.190. The molecule has 10 nitrogen and oxygen atoms in total. The van der Waals surface area contributed by atoms with Crippen LogP contribution in [0.3, 0.4) is 0 Å². The van der Waals surface area contributed by atoms with Crippen molar-refractivity contribution in [3.05, 3.63) is 59.1 Å². The van der Waals surface area contributed by atoms with Gasteiger partial charge in [0.05, 0.1) is 18.9 Å². The van der Waals surface area contributed by atoms with Crippen molar-refractivity contribution in [2.24, 2.45) is 5.10 Å². The smallest absolute Gasteiger partial charge is 0.276 e. The normalized spacial score (nSPS) is 16.6. The highest BCUT2D eigenvalue weighted by Crippen LogP contribution is 2.24. The van der Waals surface area contributed by atoms with Crippen LogP contribution >= 0.6 is 11.6 Å². The first-order valence-corrected chi connectivity index (χ1v) is 10.4. The number of morpholine rings is 1. The van der Waals surface area contributed by atoms with Gasteiger partial charge in [-0.15, -0.1) is 0 Å². The summed E-state index contributed by atoms with van der Waals surface area (Å²) in [4.78, 5) is 27.8. The topological polar surface area (TPSA) is 117 Å². The molecule has 0 radical (unpaired) electrons. The van der Waals surface area contributed by atoms with Crippen molar-refractivity contribution in [3.8, 4) is 0 Å². The third-order valence-corrected chi connectivity index (χ3v) is 5.15. The van der Waals surface area contributed by atoms with Crippen LogP contribution in [-0.4, -0.2) is 52.9 Å². The van der Waals surface area contributed by atoms with E-state index in [0.717, 1.165) is 5.69 Å². The van der Waals surface area contributed by atoms with Gasteiger partial charge in [-0.1, -0.05) is 35.9 Å². The van der Waals surface area contributed by atoms with E-state index in [9.17, 15) is 4.79 Å². The largest absolute Gasteiger partial charge is 0.378 e. The van der Waals surface area contributed by atoms with Crippen LogP contribution < -0.4 is 21.0 Å². The lowest BCUT2D eigenvalue weighted by molar-refractivity contribution is -0.110. The second-order valence-corrected chi connectivity index (χ2v) is 7.53. The Hall–Kier alpha value is -3.76. The second kappa shape index (κ2) is 8.77. The molecule has 162 valence electrons. The van der Waals surface area contributed by atoms with Crippen molar-refractivity contribution in [2.45, 2.75) is 0 Å². The molecule has 11 heteroatoms. The van der Waals surface area contributed by atoms with Gasteiger partial charge in [0.1, 0.15) is 0 Å². The molecule has 1 aromatic heterocycles. The Labute approximate surface area is 188 Å². The lowest BCUT2D eigenvalue weighted by Crippen LogP contribution is -2.37. The summed E-state index contributed by atoms with van der Waals surface area (Å²) in [5.74, 6) is 0.712. The zero-order valence-electron chi connectivity index (χ0n) is 16.9. The zero-order chi connectivity index (χ0) is 21.9. The highest BCUT2D eigenvalue weighted by Gasteiger charge is 2.25. The van der Waals surface area contributed by atoms with Crippen molar-refractivity contribution in [1.29, 1.82) is 0 Å². The van der Waals surface area contributed by atoms with E-state index in [1.54, 1.807) is 12.1 Å². The number of nitrogens with one attached hydrogen (secondary N) is 3. The number of ether oxygens (including phenoxy) is 1. The molecule has 1 amide bonds. The predicted molar refractivity (Wildman–Crippen MR) is 123 cm³/mol. The van der Waals surface area contributed by atoms with E-state index in [0.29, 0.717) is 54.5 Å². The molecule has 0 unspecified atom stereocenters. The molecule has 1 fully saturated rings. The van der Waals surface area contributed by atoms with E-state index in [4.69, 9.17) is 16.3 Å². The Bertz CT molecular complexity index is 1200. The first-order valence-electron chi connectivity index (χ1n) is 10.0. The van der Waals surface area contributed by atoms with Gasteiger partial charge < -0.3 is 20.3 Å². The summed E-state index contributed by atoms with van der Waals surface area (Å²) in [7, 11) is 0. The molecule has 2 aliphatic rings. The van der Waals surface area contributed by atoms with Crippen molar-refractivity contribution in [2.75, 3.05) is 47.3 Å². The molecule has 0 atom stereocenters. The number of anilines is 5. The number of carbonyl (C=O) groups is 1. The minimum absolute atomic E-state index is 0.204. The quantitative estimate of drug-likeness (QED) is 0.508. The molecule has 0 bridgehead atoms. The molecule has 3 heterocycles. The maximum absolute atomic E-state index is 12.3. The highest BCUT2D eigenvalue weighted by atomic mass is 35.5. The zero-order valence-corrected chi connectivity index (χ0v) is 17.6. The van der Waals surface area contributed by atoms with E-state index in [2.05, 4.69) is 36.1 Å². The summed E-state index contributed by atoms with van der Waals surface area (Å²) in [5, 5.41) is 10.8. The van der Waals surface area contributed by atoms with E-state index in [-0.39, 0.29) is 17.6 Å². The van der Waals surface area contributed by atoms with E-state index < -0.39 is 0 Å². The minimum atomic E-state index is -0.293. The lowest BCUT2D eigenvalue weighted by Gasteiger charge is -2.27. The molecule has 2 aromatic carbocycles. The molecule has 5 rings (SSSR count). The number of benzene rings is 2. The van der Waals surface area contributed by atoms with Crippen molar-refractivity contribution in [3.63, 3.8) is 0 Å². The maximum Gasteiger partial charge on any atom is 0.276 e. The van der Waals surface area contributed by atoms with Crippen molar-refractivity contribution >= 4 is 52.4 Å². The first-order chi connectivity index (χ1) is 15.7. The fourth-order valence-corrected chi connectivity index (χ4v) is 3.58. The summed E-state index contributed by atoms with van der Waals surface area (Å²) in [6, 6.07) is 14.6. The molecule has 0 aliphatic carbocycles. The number of para-hydroxylation sites is 1. The number of amides is 1. The Morgan fingerprint density at radius 3 is 2.69 bits per heavy atom. The Morgan fingerprint density at radius 2 is 1.84 bits per heavy atom. The number of fused-ring (bicyclic) bond motifs is 1. The summed E-state index contributed by atoms with van der Waals surface area (Å²) in [6.45, 7) is 2.49. The van der Waals surface area contributed by atoms with Crippen LogP contribution in [-0.2, 0) is 9.53 Å². The molecule has 3 N–H and O–H groups in total. The Morgan fingerprint density at radius 1 is 1.03 bits per heavy atom. The van der Waals surface area contributed by atoms with Gasteiger partial charge in [-0.2, -0.15) is 20.1 Å². The number of carbonyl (C=O) groups excluding carboxylic acids is 1. The van der Waals surface area contributed by atoms with Crippen LogP contribution in [0.15, 0.2) is 53.6 Å². The monoisotopic (exact) mass is 450 g/mol. The van der Waals surface area contributed by atoms with Crippen LogP contribution in [0.25, 0.3) is 0 Å². The number of hydrazone groups is 1. The molecule has 2 aliphatic heterocycles. The lowest BCUT2D eigenvalue weighted by atomic mass is 10.1. The predicted octanol–water partition coefficient (Wildman–Crippen LogP) is 2.87. The Kier molecular flexibility index (Phi) is 5.53. The van der Waals surface area contributed by atoms with E-state index in [1.165, 1.54) is 0 Å². The minimum Gasteiger partial charge on any atom is -0.378 e. The molecule has 0 spiro atoms. The van der Waals surface area contributed by atoms with E-state index in [1.807, 2.05) is 41.3 Å². The first kappa shape index (κ1) is 20.2. The number of rotatable bonds is 5. The van der Waals surface area contributed by atoms with Crippen LogP contribution in [0.5, 0.6) is 0 Å². The molecule has 32 heavy (non-hydrogen) atoms. The SMILES string of the molecule is O=C1Nc2ccccc2/C1=N\Nc1nc(Nc2cccc(Cl)c2)nc(N2CCOCC2)n1. The standard InChI is InChI=1S/C21H19ClN8O2/c22-13-4-3-5-14(12-13)23-19-25-20(27-21(26-19)30-8-10-32-11-9-30)29-28-17-15-6-1-2-7-16(15)24-18(17)31/h1-7,12H,8-11H2,(H,24,28,31)(H2,23,25,26,27,29). The second-order valence-electron chi connectivity index (χ2n) is 7.09. The number of nitrogens with zero attached hydrogens (tertiary/aromatic N) is 5. The Balaban J connectivity index is 1.46. The van der Waals surface area contributed by atoms with Gasteiger partial charge in [0.2, 0.25) is 17.8 Å². The highest BCUT2D eigenvalue weighted by molar-refractivity contribution is 6.53. The van der Waals surface area contributed by atoms with Gasteiger partial charge in [-0.05, 0) is 24.3 Å². The summed E-state index contributed by atoms with van der Waals surface area (Å²) in [6.07, 6.45) is 0. The number of hydrogen-bond acceptors (Lipinski definition) is 9. The third kappa shape index (κ3) is 4.32. The van der Waals surface area contributed by atoms with Crippen LogP contribution in [0.4, 0.5) is 29.2 Å². The summed E-state index contributed by atoms with van der Waals surface area (Å²) in [5.41, 5.74) is 5.24. The van der Waals surface area contributed by atoms with Gasteiger partial charge in [0.25, 0.3) is 5.91 Å². The third-order valence-electron chi connectivity index (χ3n) is 4.91. The van der Waals surface area contributed by atoms with Crippen molar-refractivity contribution in [1.82, 2.24) is 15.0 Å². The number of hydrogen-bond donors (Lipinski definition) is 3. The number of halogens is 1. The molecular weight excluding hydrogens is 432 g/mol. The van der Waals surface area contributed by atoms with E-state index >= 15 is 0 Å². The summed E-state index contributed by atoms with van der Waals surface area (Å²) < 4.78 is 5.43. The van der Waals surface area contributed by atoms with Crippen LogP contribution in [0.2, 0.25) is 5.02 Å². The van der Waals surface area contributed by atoms with Gasteiger partial charge in [-0.25, -0.2) is 5.43 Å². The molecule has 1 saturated heterocycles. The average Bonchev–Trinajstić information content (AvgIpc) is 3.13. The molecule has 3 aromatic rings. The van der Waals surface area contributed by atoms with Gasteiger partial charge in [0, 0.05) is 29.4 Å². The van der Waals surface area contributed by atoms with Crippen LogP contribution in [0, 0.1) is 0 Å². The number of aromatic nitrogens is 3. The molecular formula is C21H19ClN8O2. The fourth-order valence-electron chi connectivity index (χ4n) is 3.39. The van der Waals surface area contributed by atoms with Crippen molar-refractivity contribution < 1.29 is 9.53 Å². The summed E-state index contributed by atoms with van der Waals surface area (Å²) >= 11 is 6.09. The van der Waals surface area contributed by atoms with Gasteiger partial charge >= 0.3 is 0 Å². The van der Waals surface area contributed by atoms with Gasteiger partial charge in [-0.3, -0.25) is 4.79 Å².